The van der Waals surface area contributed by atoms with Gasteiger partial charge in [0.05, 0.1) is 12.4 Å². The Balaban J connectivity index is 0.000000187. The molecular formula is C12H17N3. The van der Waals surface area contributed by atoms with Crippen LogP contribution in [0.25, 0.3) is 0 Å². The van der Waals surface area contributed by atoms with Gasteiger partial charge in [0, 0.05) is 0 Å². The van der Waals surface area contributed by atoms with Gasteiger partial charge in [-0.05, 0) is 49.9 Å². The van der Waals surface area contributed by atoms with Crippen molar-refractivity contribution >= 4 is 0 Å². The maximum Gasteiger partial charge on any atom is 0.0690 e. The topological polar surface area (TPSA) is 41.6 Å². The number of aryl methyl sites for hydroxylation is 4. The van der Waals surface area contributed by atoms with Gasteiger partial charge in [0.15, 0.2) is 0 Å². The number of H-pyrrole nitrogens is 1. The molecule has 0 bridgehead atoms. The molecule has 0 aliphatic heterocycles. The second-order valence-corrected chi connectivity index (χ2v) is 3.68. The first-order valence-corrected chi connectivity index (χ1v) is 4.95. The zero-order valence-corrected chi connectivity index (χ0v) is 9.70. The fraction of sp³-hybridized carbons (Fsp3) is 0.333. The Kier molecular flexibility index (Phi) is 4.03. The molecule has 0 aliphatic carbocycles. The van der Waals surface area contributed by atoms with E-state index in [9.17, 15) is 0 Å². The Hall–Kier alpha value is -1.64. The van der Waals surface area contributed by atoms with Crippen LogP contribution < -0.4 is 0 Å². The summed E-state index contributed by atoms with van der Waals surface area (Å²) in [6, 6.07) is 4.48. The lowest BCUT2D eigenvalue weighted by Crippen LogP contribution is -1.86. The van der Waals surface area contributed by atoms with Crippen molar-refractivity contribution in [3.8, 4) is 0 Å². The van der Waals surface area contributed by atoms with Gasteiger partial charge in [0.1, 0.15) is 0 Å². The van der Waals surface area contributed by atoms with Gasteiger partial charge in [-0.1, -0.05) is 12.1 Å². The molecule has 0 spiro atoms. The summed E-state index contributed by atoms with van der Waals surface area (Å²) in [5.41, 5.74) is 5.57. The van der Waals surface area contributed by atoms with Crippen molar-refractivity contribution in [2.75, 3.05) is 0 Å². The molecule has 3 heteroatoms. The molecule has 0 fully saturated rings. The predicted octanol–water partition coefficient (Wildman–Crippen LogP) is 2.72. The van der Waals surface area contributed by atoms with E-state index in [0.29, 0.717) is 0 Å². The summed E-state index contributed by atoms with van der Waals surface area (Å²) in [5, 5.41) is 9.33. The lowest BCUT2D eigenvalue weighted by Gasteiger charge is -2.04. The molecule has 0 unspecified atom stereocenters. The van der Waals surface area contributed by atoms with Crippen LogP contribution in [-0.4, -0.2) is 15.4 Å². The van der Waals surface area contributed by atoms with Gasteiger partial charge in [-0.2, -0.15) is 15.4 Å². The van der Waals surface area contributed by atoms with Crippen LogP contribution in [0, 0.1) is 27.7 Å². The lowest BCUT2D eigenvalue weighted by atomic mass is 10.0. The number of hydrogen-bond acceptors (Lipinski definition) is 2. The lowest BCUT2D eigenvalue weighted by molar-refractivity contribution is 0.940. The summed E-state index contributed by atoms with van der Waals surface area (Å²) in [7, 11) is 0. The van der Waals surface area contributed by atoms with Crippen molar-refractivity contribution in [1.29, 1.82) is 0 Å². The summed E-state index contributed by atoms with van der Waals surface area (Å²) in [6.07, 6.45) is 3.17. The average Bonchev–Trinajstić information content (AvgIpc) is 2.73. The van der Waals surface area contributed by atoms with Gasteiger partial charge in [0.25, 0.3) is 0 Å². The molecule has 2 rings (SSSR count). The maximum absolute atomic E-state index is 3.49. The van der Waals surface area contributed by atoms with Crippen LogP contribution in [-0.2, 0) is 0 Å². The molecule has 80 valence electrons. The number of nitrogens with one attached hydrogen (secondary N) is 1. The Bertz CT molecular complexity index is 338. The van der Waals surface area contributed by atoms with Crippen LogP contribution in [0.2, 0.25) is 0 Å². The third-order valence-electron chi connectivity index (χ3n) is 2.44. The van der Waals surface area contributed by atoms with Gasteiger partial charge in [0.2, 0.25) is 0 Å². The average molecular weight is 203 g/mol. The summed E-state index contributed by atoms with van der Waals surface area (Å²) in [5.74, 6) is 0. The number of rotatable bonds is 0. The third kappa shape index (κ3) is 3.54. The number of benzene rings is 1. The van der Waals surface area contributed by atoms with E-state index in [-0.39, 0.29) is 0 Å². The normalized spacial score (nSPS) is 9.33. The molecule has 0 radical (unpaired) electrons. The molecule has 1 heterocycles. The van der Waals surface area contributed by atoms with Crippen LogP contribution in [0.1, 0.15) is 22.3 Å². The largest absolute Gasteiger partial charge is 0.198 e. The molecule has 0 amide bonds. The van der Waals surface area contributed by atoms with E-state index in [0.717, 1.165) is 0 Å². The molecule has 1 aromatic carbocycles. The highest BCUT2D eigenvalue weighted by Gasteiger charge is 1.95. The smallest absolute Gasteiger partial charge is 0.0690 e. The van der Waals surface area contributed by atoms with Gasteiger partial charge in [-0.3, -0.25) is 0 Å². The molecule has 3 nitrogen and oxygen atoms in total. The van der Waals surface area contributed by atoms with E-state index in [4.69, 9.17) is 0 Å². The van der Waals surface area contributed by atoms with Crippen molar-refractivity contribution in [3.63, 3.8) is 0 Å². The fourth-order valence-electron chi connectivity index (χ4n) is 1.27. The minimum absolute atomic E-state index is 1.39. The van der Waals surface area contributed by atoms with E-state index in [1.807, 2.05) is 0 Å². The Morgan fingerprint density at radius 1 is 0.733 bits per heavy atom. The quantitative estimate of drug-likeness (QED) is 0.715. The molecule has 1 aromatic heterocycles. The monoisotopic (exact) mass is 203 g/mol. The number of aromatic amines is 1. The minimum Gasteiger partial charge on any atom is -0.198 e. The van der Waals surface area contributed by atoms with Crippen LogP contribution in [0.4, 0.5) is 0 Å². The van der Waals surface area contributed by atoms with Crippen LogP contribution in [0.3, 0.4) is 0 Å². The zero-order chi connectivity index (χ0) is 11.3. The molecule has 0 atom stereocenters. The van der Waals surface area contributed by atoms with E-state index in [1.54, 1.807) is 12.4 Å². The third-order valence-corrected chi connectivity index (χ3v) is 2.44. The molecule has 0 saturated carbocycles. The summed E-state index contributed by atoms with van der Waals surface area (Å²) >= 11 is 0. The maximum atomic E-state index is 3.49. The minimum atomic E-state index is 1.39. The standard InChI is InChI=1S/C10H14.C2H3N3/c1-7-5-9(3)10(4)6-8(7)2;1-2-4-5-3-1/h5-6H,1-4H3;1-2H,(H,3,4,5). The summed E-state index contributed by atoms with van der Waals surface area (Å²) in [6.45, 7) is 8.62. The fourth-order valence-corrected chi connectivity index (χ4v) is 1.27. The highest BCUT2D eigenvalue weighted by molar-refractivity contribution is 5.35. The number of nitrogens with zero attached hydrogens (tertiary/aromatic N) is 2. The molecular weight excluding hydrogens is 186 g/mol. The van der Waals surface area contributed by atoms with E-state index >= 15 is 0 Å². The molecule has 15 heavy (non-hydrogen) atoms. The first-order valence-electron chi connectivity index (χ1n) is 4.95. The van der Waals surface area contributed by atoms with Gasteiger partial charge < -0.3 is 0 Å². The summed E-state index contributed by atoms with van der Waals surface area (Å²) in [4.78, 5) is 0. The van der Waals surface area contributed by atoms with Crippen molar-refractivity contribution in [3.05, 3.63) is 46.8 Å². The summed E-state index contributed by atoms with van der Waals surface area (Å²) < 4.78 is 0. The molecule has 1 N–H and O–H groups in total. The van der Waals surface area contributed by atoms with Gasteiger partial charge in [-0.25, -0.2) is 0 Å². The second-order valence-electron chi connectivity index (χ2n) is 3.68. The molecule has 2 aromatic rings. The zero-order valence-electron chi connectivity index (χ0n) is 9.70. The highest BCUT2D eigenvalue weighted by atomic mass is 15.3. The Morgan fingerprint density at radius 3 is 1.27 bits per heavy atom. The van der Waals surface area contributed by atoms with Crippen LogP contribution in [0.15, 0.2) is 24.5 Å². The Labute approximate surface area is 90.5 Å². The van der Waals surface area contributed by atoms with Crippen molar-refractivity contribution < 1.29 is 0 Å². The van der Waals surface area contributed by atoms with E-state index < -0.39 is 0 Å². The van der Waals surface area contributed by atoms with Crippen molar-refractivity contribution in [1.82, 2.24) is 15.4 Å². The second kappa shape index (κ2) is 5.29. The van der Waals surface area contributed by atoms with Gasteiger partial charge in [-0.15, -0.1) is 0 Å². The SMILES string of the molecule is Cc1cc(C)c(C)cc1C.c1cn[nH]n1. The van der Waals surface area contributed by atoms with Crippen molar-refractivity contribution in [2.24, 2.45) is 0 Å². The molecule has 0 saturated heterocycles. The number of hydrogen-bond donors (Lipinski definition) is 1. The van der Waals surface area contributed by atoms with E-state index in [1.165, 1.54) is 22.3 Å². The first-order chi connectivity index (χ1) is 7.11. The highest BCUT2D eigenvalue weighted by Crippen LogP contribution is 2.13. The first kappa shape index (κ1) is 11.4. The van der Waals surface area contributed by atoms with E-state index in [2.05, 4.69) is 55.2 Å². The van der Waals surface area contributed by atoms with Crippen LogP contribution >= 0.6 is 0 Å². The number of aromatic nitrogens is 3. The molecule has 0 aliphatic rings. The predicted molar refractivity (Wildman–Crippen MR) is 61.8 cm³/mol. The Morgan fingerprint density at radius 2 is 1.07 bits per heavy atom. The van der Waals surface area contributed by atoms with Gasteiger partial charge >= 0.3 is 0 Å². The van der Waals surface area contributed by atoms with Crippen molar-refractivity contribution in [2.45, 2.75) is 27.7 Å². The van der Waals surface area contributed by atoms with Crippen LogP contribution in [0.5, 0.6) is 0 Å².